The van der Waals surface area contributed by atoms with Crippen molar-refractivity contribution in [2.24, 2.45) is 0 Å². The van der Waals surface area contributed by atoms with Crippen molar-refractivity contribution in [3.63, 3.8) is 0 Å². The molecule has 1 amide bonds. The van der Waals surface area contributed by atoms with Crippen LogP contribution in [0.15, 0.2) is 64.1 Å². The van der Waals surface area contributed by atoms with Gasteiger partial charge in [-0.2, -0.15) is 0 Å². The standard InChI is InChI=1S/C21H19ClN6OS3/c1-2-17-24-26-20(28(17)15-9-4-3-5-10-15)30-13-18(29)23-19-25-27-21(32-19)31-12-14-8-6-7-11-16(14)22/h3-11H,2,12-13H2,1H3,(H,23,25,29). The number of hydrogen-bond donors (Lipinski definition) is 1. The van der Waals surface area contributed by atoms with Crippen LogP contribution >= 0.6 is 46.5 Å². The van der Waals surface area contributed by atoms with E-state index in [2.05, 4.69) is 25.7 Å². The van der Waals surface area contributed by atoms with Crippen LogP contribution < -0.4 is 5.32 Å². The third kappa shape index (κ3) is 5.69. The number of carbonyl (C=O) groups is 1. The van der Waals surface area contributed by atoms with E-state index >= 15 is 0 Å². The van der Waals surface area contributed by atoms with Crippen molar-refractivity contribution in [2.45, 2.75) is 28.6 Å². The number of aromatic nitrogens is 5. The number of para-hydroxylation sites is 1. The fraction of sp³-hybridized carbons (Fsp3) is 0.190. The molecule has 0 spiro atoms. The van der Waals surface area contributed by atoms with Gasteiger partial charge in [-0.25, -0.2) is 0 Å². The zero-order valence-corrected chi connectivity index (χ0v) is 20.3. The van der Waals surface area contributed by atoms with Crippen molar-refractivity contribution in [1.29, 1.82) is 0 Å². The summed E-state index contributed by atoms with van der Waals surface area (Å²) in [5.41, 5.74) is 2.01. The highest BCUT2D eigenvalue weighted by atomic mass is 35.5. The van der Waals surface area contributed by atoms with Crippen molar-refractivity contribution in [3.8, 4) is 5.69 Å². The molecule has 0 aliphatic carbocycles. The number of anilines is 1. The van der Waals surface area contributed by atoms with Crippen molar-refractivity contribution in [2.75, 3.05) is 11.1 Å². The SMILES string of the molecule is CCc1nnc(SCC(=O)Nc2nnc(SCc3ccccc3Cl)s2)n1-c1ccccc1. The van der Waals surface area contributed by atoms with Gasteiger partial charge in [0, 0.05) is 22.9 Å². The molecular weight excluding hydrogens is 484 g/mol. The number of rotatable bonds is 9. The summed E-state index contributed by atoms with van der Waals surface area (Å²) in [6, 6.07) is 17.6. The molecule has 7 nitrogen and oxygen atoms in total. The Morgan fingerprint density at radius 3 is 2.59 bits per heavy atom. The van der Waals surface area contributed by atoms with Crippen LogP contribution in [0, 0.1) is 0 Å². The van der Waals surface area contributed by atoms with Gasteiger partial charge in [0.1, 0.15) is 5.82 Å². The zero-order chi connectivity index (χ0) is 22.3. The number of benzene rings is 2. The normalized spacial score (nSPS) is 10.9. The van der Waals surface area contributed by atoms with Crippen LogP contribution in [0.5, 0.6) is 0 Å². The highest BCUT2D eigenvalue weighted by Crippen LogP contribution is 2.30. The Bertz CT molecular complexity index is 1200. The van der Waals surface area contributed by atoms with Gasteiger partial charge in [0.05, 0.1) is 5.75 Å². The summed E-state index contributed by atoms with van der Waals surface area (Å²) in [7, 11) is 0. The van der Waals surface area contributed by atoms with Gasteiger partial charge in [-0.3, -0.25) is 14.7 Å². The maximum atomic E-state index is 12.5. The second kappa shape index (κ2) is 11.0. The predicted molar refractivity (Wildman–Crippen MR) is 131 cm³/mol. The Kier molecular flexibility index (Phi) is 7.80. The average molecular weight is 503 g/mol. The van der Waals surface area contributed by atoms with Crippen LogP contribution in [0.25, 0.3) is 5.69 Å². The maximum Gasteiger partial charge on any atom is 0.236 e. The summed E-state index contributed by atoms with van der Waals surface area (Å²) in [5.74, 6) is 1.56. The minimum atomic E-state index is -0.172. The summed E-state index contributed by atoms with van der Waals surface area (Å²) >= 11 is 10.4. The fourth-order valence-corrected chi connectivity index (χ4v) is 5.64. The Morgan fingerprint density at radius 1 is 1.03 bits per heavy atom. The molecular formula is C21H19ClN6OS3. The molecule has 2 heterocycles. The third-order valence-electron chi connectivity index (χ3n) is 4.33. The number of thioether (sulfide) groups is 2. The van der Waals surface area contributed by atoms with E-state index < -0.39 is 0 Å². The molecule has 0 aliphatic rings. The summed E-state index contributed by atoms with van der Waals surface area (Å²) in [6.45, 7) is 2.03. The van der Waals surface area contributed by atoms with Gasteiger partial charge in [-0.05, 0) is 23.8 Å². The number of nitrogens with zero attached hydrogens (tertiary/aromatic N) is 5. The first-order valence-corrected chi connectivity index (χ1v) is 12.9. The van der Waals surface area contributed by atoms with E-state index in [0.717, 1.165) is 32.9 Å². The van der Waals surface area contributed by atoms with E-state index in [0.29, 0.717) is 16.0 Å². The van der Waals surface area contributed by atoms with Gasteiger partial charge in [-0.1, -0.05) is 89.8 Å². The highest BCUT2D eigenvalue weighted by molar-refractivity contribution is 8.00. The van der Waals surface area contributed by atoms with Gasteiger partial charge in [0.25, 0.3) is 0 Å². The van der Waals surface area contributed by atoms with Crippen molar-refractivity contribution < 1.29 is 4.79 Å². The lowest BCUT2D eigenvalue weighted by Crippen LogP contribution is -2.14. The Morgan fingerprint density at radius 2 is 1.81 bits per heavy atom. The number of amides is 1. The van der Waals surface area contributed by atoms with Crippen LogP contribution in [0.1, 0.15) is 18.3 Å². The molecule has 0 bridgehead atoms. The fourth-order valence-electron chi connectivity index (χ4n) is 2.82. The molecule has 4 rings (SSSR count). The molecule has 0 fully saturated rings. The molecule has 0 unspecified atom stereocenters. The van der Waals surface area contributed by atoms with Crippen molar-refractivity contribution >= 4 is 57.5 Å². The number of aryl methyl sites for hydroxylation is 1. The van der Waals surface area contributed by atoms with Crippen LogP contribution in [0.4, 0.5) is 5.13 Å². The minimum absolute atomic E-state index is 0.172. The molecule has 0 saturated carbocycles. The average Bonchev–Trinajstić information content (AvgIpc) is 3.44. The maximum absolute atomic E-state index is 12.5. The van der Waals surface area contributed by atoms with Gasteiger partial charge >= 0.3 is 0 Å². The van der Waals surface area contributed by atoms with E-state index in [1.54, 1.807) is 0 Å². The molecule has 0 radical (unpaired) electrons. The van der Waals surface area contributed by atoms with Crippen molar-refractivity contribution in [3.05, 3.63) is 71.0 Å². The molecule has 4 aromatic rings. The summed E-state index contributed by atoms with van der Waals surface area (Å²) < 4.78 is 2.75. The van der Waals surface area contributed by atoms with Gasteiger partial charge in [-0.15, -0.1) is 20.4 Å². The largest absolute Gasteiger partial charge is 0.300 e. The van der Waals surface area contributed by atoms with Crippen LogP contribution in [0.2, 0.25) is 5.02 Å². The number of halogens is 1. The molecule has 0 saturated heterocycles. The Hall–Kier alpha value is -2.40. The molecule has 2 aromatic carbocycles. The topological polar surface area (TPSA) is 85.6 Å². The summed E-state index contributed by atoms with van der Waals surface area (Å²) in [5, 5.41) is 21.4. The monoisotopic (exact) mass is 502 g/mol. The predicted octanol–water partition coefficient (Wildman–Crippen LogP) is 5.36. The Labute approximate surface area is 203 Å². The first-order valence-electron chi connectivity index (χ1n) is 9.76. The highest BCUT2D eigenvalue weighted by Gasteiger charge is 2.16. The van der Waals surface area contributed by atoms with E-state index in [1.165, 1.54) is 34.9 Å². The van der Waals surface area contributed by atoms with E-state index in [-0.39, 0.29) is 11.7 Å². The van der Waals surface area contributed by atoms with Gasteiger partial charge in [0.15, 0.2) is 9.50 Å². The van der Waals surface area contributed by atoms with Crippen LogP contribution in [-0.4, -0.2) is 36.6 Å². The Balaban J connectivity index is 1.33. The first-order chi connectivity index (χ1) is 15.6. The van der Waals surface area contributed by atoms with E-state index in [9.17, 15) is 4.79 Å². The smallest absolute Gasteiger partial charge is 0.236 e. The number of nitrogens with one attached hydrogen (secondary N) is 1. The third-order valence-corrected chi connectivity index (χ3v) is 7.64. The molecule has 164 valence electrons. The second-order valence-corrected chi connectivity index (χ2v) is 10.1. The van der Waals surface area contributed by atoms with Gasteiger partial charge in [0.2, 0.25) is 11.0 Å². The molecule has 2 aromatic heterocycles. The minimum Gasteiger partial charge on any atom is -0.300 e. The van der Waals surface area contributed by atoms with Crippen LogP contribution in [0.3, 0.4) is 0 Å². The van der Waals surface area contributed by atoms with Gasteiger partial charge < -0.3 is 0 Å². The summed E-state index contributed by atoms with van der Waals surface area (Å²) in [6.07, 6.45) is 0.744. The van der Waals surface area contributed by atoms with E-state index in [4.69, 9.17) is 11.6 Å². The lowest BCUT2D eigenvalue weighted by atomic mass is 10.2. The molecule has 11 heteroatoms. The molecule has 0 aliphatic heterocycles. The lowest BCUT2D eigenvalue weighted by Gasteiger charge is -2.08. The molecule has 0 atom stereocenters. The zero-order valence-electron chi connectivity index (χ0n) is 17.1. The first kappa shape index (κ1) is 22.8. The molecule has 32 heavy (non-hydrogen) atoms. The van der Waals surface area contributed by atoms with E-state index in [1.807, 2.05) is 66.1 Å². The second-order valence-electron chi connectivity index (χ2n) is 6.51. The summed E-state index contributed by atoms with van der Waals surface area (Å²) in [4.78, 5) is 12.5. The van der Waals surface area contributed by atoms with Crippen LogP contribution in [-0.2, 0) is 17.0 Å². The number of hydrogen-bond acceptors (Lipinski definition) is 8. The molecule has 1 N–H and O–H groups in total. The number of carbonyl (C=O) groups excluding carboxylic acids is 1. The lowest BCUT2D eigenvalue weighted by molar-refractivity contribution is -0.113. The van der Waals surface area contributed by atoms with Crippen molar-refractivity contribution in [1.82, 2.24) is 25.0 Å². The quantitative estimate of drug-likeness (QED) is 0.243.